The van der Waals surface area contributed by atoms with E-state index in [9.17, 15) is 0 Å². The Kier molecular flexibility index (Phi) is 5.96. The van der Waals surface area contributed by atoms with Crippen molar-refractivity contribution in [3.05, 3.63) is 101 Å². The third kappa shape index (κ3) is 4.39. The summed E-state index contributed by atoms with van der Waals surface area (Å²) in [5, 5.41) is 7.89. The molecule has 2 nitrogen and oxygen atoms in total. The van der Waals surface area contributed by atoms with Crippen LogP contribution in [0.1, 0.15) is 24.1 Å². The van der Waals surface area contributed by atoms with Gasteiger partial charge in [0.1, 0.15) is 5.03 Å². The fraction of sp³-hybridized carbons (Fsp3) is 0.125. The summed E-state index contributed by atoms with van der Waals surface area (Å²) >= 11 is 7.81. The van der Waals surface area contributed by atoms with E-state index in [1.54, 1.807) is 11.8 Å². The molecule has 140 valence electrons. The van der Waals surface area contributed by atoms with E-state index < -0.39 is 0 Å². The van der Waals surface area contributed by atoms with E-state index in [1.165, 1.54) is 16.3 Å². The Balaban J connectivity index is 1.41. The van der Waals surface area contributed by atoms with Crippen LogP contribution in [0.2, 0.25) is 5.02 Å². The predicted molar refractivity (Wildman–Crippen MR) is 119 cm³/mol. The molecule has 0 aliphatic carbocycles. The molecular formula is C24H21ClN2S. The van der Waals surface area contributed by atoms with Gasteiger partial charge in [-0.25, -0.2) is 4.98 Å². The molecule has 0 saturated heterocycles. The quantitative estimate of drug-likeness (QED) is 0.378. The minimum absolute atomic E-state index is 0.253. The molecule has 4 aromatic rings. The first-order chi connectivity index (χ1) is 13.7. The number of pyridine rings is 1. The van der Waals surface area contributed by atoms with Crippen molar-refractivity contribution in [1.82, 2.24) is 10.3 Å². The molecule has 1 heterocycles. The SMILES string of the molecule is CC(NCc1ccc(Sc2ccccc2Cl)nc1)c1cccc2ccccc12. The number of halogens is 1. The molecule has 0 amide bonds. The van der Waals surface area contributed by atoms with Gasteiger partial charge >= 0.3 is 0 Å². The lowest BCUT2D eigenvalue weighted by atomic mass is 9.99. The lowest BCUT2D eigenvalue weighted by molar-refractivity contribution is 0.577. The summed E-state index contributed by atoms with van der Waals surface area (Å²) in [6, 6.07) is 27.3. The Morgan fingerprint density at radius 1 is 0.929 bits per heavy atom. The molecule has 1 N–H and O–H groups in total. The summed E-state index contributed by atoms with van der Waals surface area (Å²) in [4.78, 5) is 5.60. The number of nitrogens with zero attached hydrogens (tertiary/aromatic N) is 1. The third-order valence-electron chi connectivity index (χ3n) is 4.75. The number of benzene rings is 3. The number of rotatable bonds is 6. The van der Waals surface area contributed by atoms with E-state index >= 15 is 0 Å². The van der Waals surface area contributed by atoms with Gasteiger partial charge in [0.25, 0.3) is 0 Å². The molecule has 0 saturated carbocycles. The third-order valence-corrected chi connectivity index (χ3v) is 6.22. The molecule has 0 aliphatic heterocycles. The highest BCUT2D eigenvalue weighted by atomic mass is 35.5. The van der Waals surface area contributed by atoms with Crippen molar-refractivity contribution in [2.24, 2.45) is 0 Å². The summed E-state index contributed by atoms with van der Waals surface area (Å²) in [5.41, 5.74) is 2.48. The van der Waals surface area contributed by atoms with E-state index in [0.717, 1.165) is 27.1 Å². The largest absolute Gasteiger partial charge is 0.306 e. The molecule has 1 unspecified atom stereocenters. The normalized spacial score (nSPS) is 12.2. The predicted octanol–water partition coefficient (Wildman–Crippen LogP) is 6.89. The van der Waals surface area contributed by atoms with Crippen molar-refractivity contribution in [2.75, 3.05) is 0 Å². The van der Waals surface area contributed by atoms with Crippen LogP contribution < -0.4 is 5.32 Å². The highest BCUT2D eigenvalue weighted by molar-refractivity contribution is 7.99. The summed E-state index contributed by atoms with van der Waals surface area (Å²) in [5.74, 6) is 0. The fourth-order valence-corrected chi connectivity index (χ4v) is 4.26. The molecule has 3 aromatic carbocycles. The number of hydrogen-bond donors (Lipinski definition) is 1. The highest BCUT2D eigenvalue weighted by Crippen LogP contribution is 2.31. The topological polar surface area (TPSA) is 24.9 Å². The van der Waals surface area contributed by atoms with E-state index in [-0.39, 0.29) is 6.04 Å². The monoisotopic (exact) mass is 404 g/mol. The standard InChI is InChI=1S/C24H21ClN2S/c1-17(20-10-6-8-19-7-2-3-9-21(19)20)26-15-18-13-14-24(27-16-18)28-23-12-5-4-11-22(23)25/h2-14,16-17,26H,15H2,1H3. The molecular weight excluding hydrogens is 384 g/mol. The van der Waals surface area contributed by atoms with Gasteiger partial charge in [-0.15, -0.1) is 0 Å². The molecule has 4 heteroatoms. The molecule has 28 heavy (non-hydrogen) atoms. The van der Waals surface area contributed by atoms with Gasteiger partial charge in [-0.2, -0.15) is 0 Å². The first-order valence-corrected chi connectivity index (χ1v) is 10.5. The molecule has 0 spiro atoms. The maximum Gasteiger partial charge on any atom is 0.101 e. The number of fused-ring (bicyclic) bond motifs is 1. The highest BCUT2D eigenvalue weighted by Gasteiger charge is 2.09. The van der Waals surface area contributed by atoms with Gasteiger partial charge in [-0.05, 0) is 47.0 Å². The van der Waals surface area contributed by atoms with Gasteiger partial charge in [0, 0.05) is 23.7 Å². The fourth-order valence-electron chi connectivity index (χ4n) is 3.22. The van der Waals surface area contributed by atoms with Crippen LogP contribution in [0.5, 0.6) is 0 Å². The molecule has 0 bridgehead atoms. The molecule has 1 aromatic heterocycles. The van der Waals surface area contributed by atoms with Crippen molar-refractivity contribution in [3.63, 3.8) is 0 Å². The van der Waals surface area contributed by atoms with Crippen LogP contribution in [-0.2, 0) is 6.54 Å². The van der Waals surface area contributed by atoms with Crippen molar-refractivity contribution in [2.45, 2.75) is 29.4 Å². The van der Waals surface area contributed by atoms with Crippen molar-refractivity contribution in [1.29, 1.82) is 0 Å². The van der Waals surface area contributed by atoms with Gasteiger partial charge < -0.3 is 5.32 Å². The maximum atomic E-state index is 6.23. The van der Waals surface area contributed by atoms with Crippen LogP contribution in [0.4, 0.5) is 0 Å². The second-order valence-electron chi connectivity index (χ2n) is 6.71. The maximum absolute atomic E-state index is 6.23. The van der Waals surface area contributed by atoms with Crippen molar-refractivity contribution < 1.29 is 0 Å². The minimum atomic E-state index is 0.253. The van der Waals surface area contributed by atoms with Crippen LogP contribution in [0, 0.1) is 0 Å². The average Bonchev–Trinajstić information content (AvgIpc) is 2.74. The first kappa shape index (κ1) is 19.0. The summed E-state index contributed by atoms with van der Waals surface area (Å²) in [6.45, 7) is 2.98. The van der Waals surface area contributed by atoms with Crippen LogP contribution in [0.3, 0.4) is 0 Å². The van der Waals surface area contributed by atoms with Crippen LogP contribution in [0.15, 0.2) is 95.0 Å². The molecule has 0 radical (unpaired) electrons. The van der Waals surface area contributed by atoms with Gasteiger partial charge in [0.2, 0.25) is 0 Å². The molecule has 0 aliphatic rings. The van der Waals surface area contributed by atoms with Gasteiger partial charge in [-0.1, -0.05) is 84.0 Å². The van der Waals surface area contributed by atoms with Gasteiger partial charge in [-0.3, -0.25) is 0 Å². The first-order valence-electron chi connectivity index (χ1n) is 9.29. The van der Waals surface area contributed by atoms with Crippen molar-refractivity contribution >= 4 is 34.1 Å². The average molecular weight is 405 g/mol. The Morgan fingerprint density at radius 3 is 2.54 bits per heavy atom. The zero-order valence-electron chi connectivity index (χ0n) is 15.6. The summed E-state index contributed by atoms with van der Waals surface area (Å²) < 4.78 is 0. The second-order valence-corrected chi connectivity index (χ2v) is 8.18. The summed E-state index contributed by atoms with van der Waals surface area (Å²) in [7, 11) is 0. The van der Waals surface area contributed by atoms with E-state index in [1.807, 2.05) is 36.5 Å². The number of hydrogen-bond acceptors (Lipinski definition) is 3. The van der Waals surface area contributed by atoms with Crippen LogP contribution in [-0.4, -0.2) is 4.98 Å². The van der Waals surface area contributed by atoms with Gasteiger partial charge in [0.05, 0.1) is 5.02 Å². The van der Waals surface area contributed by atoms with E-state index in [2.05, 4.69) is 65.8 Å². The molecule has 4 rings (SSSR count). The van der Waals surface area contributed by atoms with E-state index in [4.69, 9.17) is 11.6 Å². The summed E-state index contributed by atoms with van der Waals surface area (Å²) in [6.07, 6.45) is 1.93. The lowest BCUT2D eigenvalue weighted by Crippen LogP contribution is -2.18. The Hall–Kier alpha value is -2.33. The van der Waals surface area contributed by atoms with Crippen LogP contribution in [0.25, 0.3) is 10.8 Å². The van der Waals surface area contributed by atoms with Gasteiger partial charge in [0.15, 0.2) is 0 Å². The zero-order chi connectivity index (χ0) is 19.3. The molecule has 0 fully saturated rings. The molecule has 1 atom stereocenters. The Bertz CT molecular complexity index is 1070. The minimum Gasteiger partial charge on any atom is -0.306 e. The smallest absolute Gasteiger partial charge is 0.101 e. The van der Waals surface area contributed by atoms with Crippen LogP contribution >= 0.6 is 23.4 Å². The Labute approximate surface area is 175 Å². The second kappa shape index (κ2) is 8.78. The van der Waals surface area contributed by atoms with E-state index in [0.29, 0.717) is 0 Å². The lowest BCUT2D eigenvalue weighted by Gasteiger charge is -2.16. The number of aromatic nitrogens is 1. The zero-order valence-corrected chi connectivity index (χ0v) is 17.2. The Morgan fingerprint density at radius 2 is 1.71 bits per heavy atom. The number of nitrogens with one attached hydrogen (secondary N) is 1. The van der Waals surface area contributed by atoms with Crippen molar-refractivity contribution in [3.8, 4) is 0 Å².